The maximum Gasteiger partial charge on any atom is 0.306 e. The van der Waals surface area contributed by atoms with Crippen molar-refractivity contribution < 1.29 is 28.6 Å². The molecule has 6 nitrogen and oxygen atoms in total. The van der Waals surface area contributed by atoms with Gasteiger partial charge in [0.05, 0.1) is 0 Å². The van der Waals surface area contributed by atoms with Crippen LogP contribution in [0.1, 0.15) is 233 Å². The monoisotopic (exact) mass is 863 g/mol. The molecule has 0 aliphatic heterocycles. The van der Waals surface area contributed by atoms with E-state index < -0.39 is 6.10 Å². The van der Waals surface area contributed by atoms with Crippen LogP contribution in [0, 0.1) is 0 Å². The lowest BCUT2D eigenvalue weighted by Gasteiger charge is -2.18. The van der Waals surface area contributed by atoms with E-state index in [0.717, 1.165) is 122 Å². The van der Waals surface area contributed by atoms with Crippen molar-refractivity contribution in [2.75, 3.05) is 13.2 Å². The van der Waals surface area contributed by atoms with Crippen molar-refractivity contribution in [3.63, 3.8) is 0 Å². The second-order valence-electron chi connectivity index (χ2n) is 16.7. The van der Waals surface area contributed by atoms with E-state index in [-0.39, 0.29) is 31.1 Å². The molecule has 62 heavy (non-hydrogen) atoms. The highest BCUT2D eigenvalue weighted by Crippen LogP contribution is 2.14. The van der Waals surface area contributed by atoms with E-state index in [1.165, 1.54) is 70.6 Å². The summed E-state index contributed by atoms with van der Waals surface area (Å²) in [6.45, 7) is 6.36. The van der Waals surface area contributed by atoms with E-state index in [4.69, 9.17) is 14.2 Å². The second-order valence-corrected chi connectivity index (χ2v) is 16.7. The molecule has 0 radical (unpaired) electrons. The summed E-state index contributed by atoms with van der Waals surface area (Å²) in [7, 11) is 0. The molecule has 0 N–H and O–H groups in total. The topological polar surface area (TPSA) is 78.9 Å². The summed E-state index contributed by atoms with van der Waals surface area (Å²) in [6, 6.07) is 0. The SMILES string of the molecule is CC/C=C\C/C=C\C/C=C\CCCCCCCCC(=O)OCC(COC(=O)CCCCCCC/C=C\CCCCC)OC(=O)CCCCCCCC/C=C\C/C=C\C/C=C\CC. The van der Waals surface area contributed by atoms with Gasteiger partial charge in [0.2, 0.25) is 0 Å². The smallest absolute Gasteiger partial charge is 0.306 e. The third-order valence-corrected chi connectivity index (χ3v) is 10.6. The Hall–Kier alpha value is -3.41. The van der Waals surface area contributed by atoms with Crippen LogP contribution in [-0.4, -0.2) is 37.2 Å². The molecule has 6 heteroatoms. The molecule has 1 atom stereocenters. The minimum atomic E-state index is -0.792. The molecule has 0 aliphatic carbocycles. The predicted molar refractivity (Wildman–Crippen MR) is 265 cm³/mol. The summed E-state index contributed by atoms with van der Waals surface area (Å²) in [5, 5.41) is 0. The molecule has 0 amide bonds. The Kier molecular flexibility index (Phi) is 47.5. The number of unbranched alkanes of at least 4 members (excludes halogenated alkanes) is 20. The molecule has 0 aromatic carbocycles. The molecule has 0 rings (SSSR count). The zero-order valence-corrected chi connectivity index (χ0v) is 40.4. The average molecular weight is 863 g/mol. The molecule has 0 bridgehead atoms. The number of allylic oxidation sites excluding steroid dienone is 14. The van der Waals surface area contributed by atoms with Gasteiger partial charge in [-0.2, -0.15) is 0 Å². The van der Waals surface area contributed by atoms with Crippen LogP contribution in [0.3, 0.4) is 0 Å². The van der Waals surface area contributed by atoms with E-state index in [1.807, 2.05) is 0 Å². The van der Waals surface area contributed by atoms with Crippen molar-refractivity contribution in [1.82, 2.24) is 0 Å². The van der Waals surface area contributed by atoms with Gasteiger partial charge < -0.3 is 14.2 Å². The van der Waals surface area contributed by atoms with Crippen LogP contribution < -0.4 is 0 Å². The summed E-state index contributed by atoms with van der Waals surface area (Å²) >= 11 is 0. The second kappa shape index (κ2) is 50.2. The van der Waals surface area contributed by atoms with Gasteiger partial charge in [0.25, 0.3) is 0 Å². The number of esters is 3. The van der Waals surface area contributed by atoms with Gasteiger partial charge in [-0.1, -0.05) is 189 Å². The largest absolute Gasteiger partial charge is 0.462 e. The Morgan fingerprint density at radius 3 is 1.00 bits per heavy atom. The van der Waals surface area contributed by atoms with Gasteiger partial charge in [0, 0.05) is 19.3 Å². The number of carbonyl (C=O) groups is 3. The van der Waals surface area contributed by atoms with E-state index in [0.29, 0.717) is 19.3 Å². The van der Waals surface area contributed by atoms with Crippen LogP contribution in [0.4, 0.5) is 0 Å². The van der Waals surface area contributed by atoms with Crippen LogP contribution in [-0.2, 0) is 28.6 Å². The highest BCUT2D eigenvalue weighted by Gasteiger charge is 2.19. The lowest BCUT2D eigenvalue weighted by atomic mass is 10.1. The van der Waals surface area contributed by atoms with Crippen molar-refractivity contribution in [3.05, 3.63) is 85.1 Å². The summed E-state index contributed by atoms with van der Waals surface area (Å²) in [5.74, 6) is -0.927. The first kappa shape index (κ1) is 58.6. The molecule has 1 unspecified atom stereocenters. The molecule has 0 fully saturated rings. The Bertz CT molecular complexity index is 1220. The fourth-order valence-electron chi connectivity index (χ4n) is 6.82. The van der Waals surface area contributed by atoms with Crippen LogP contribution in [0.25, 0.3) is 0 Å². The third kappa shape index (κ3) is 47.6. The minimum absolute atomic E-state index is 0.0913. The standard InChI is InChI=1S/C56H94O6/c1-4-7-10-13-16-19-22-25-27-29-31-34-37-40-43-46-49-55(58)61-52-53(51-60-54(57)48-45-42-39-36-33-24-21-18-15-12-9-6-3)62-56(59)50-47-44-41-38-35-32-30-28-26-23-20-17-14-11-8-5-2/h7-8,10-11,16-21,25-28,53H,4-6,9,12-15,22-24,29-52H2,1-3H3/b10-7-,11-8-,19-16-,20-17-,21-18-,27-25-,28-26-. The fraction of sp³-hybridized carbons (Fsp3) is 0.696. The first-order valence-corrected chi connectivity index (χ1v) is 25.6. The highest BCUT2D eigenvalue weighted by molar-refractivity contribution is 5.71. The van der Waals surface area contributed by atoms with Gasteiger partial charge in [0.15, 0.2) is 6.10 Å². The van der Waals surface area contributed by atoms with Gasteiger partial charge in [-0.25, -0.2) is 0 Å². The first-order chi connectivity index (χ1) is 30.5. The van der Waals surface area contributed by atoms with Gasteiger partial charge in [-0.05, 0) is 109 Å². The number of hydrogen-bond donors (Lipinski definition) is 0. The Morgan fingerprint density at radius 1 is 0.339 bits per heavy atom. The Balaban J connectivity index is 4.44. The molecule has 0 spiro atoms. The molecule has 0 saturated heterocycles. The Morgan fingerprint density at radius 2 is 0.629 bits per heavy atom. The average Bonchev–Trinajstić information content (AvgIpc) is 3.27. The third-order valence-electron chi connectivity index (χ3n) is 10.6. The number of hydrogen-bond acceptors (Lipinski definition) is 6. The number of carbonyl (C=O) groups excluding carboxylic acids is 3. The van der Waals surface area contributed by atoms with Crippen molar-refractivity contribution >= 4 is 17.9 Å². The maximum atomic E-state index is 12.8. The quantitative estimate of drug-likeness (QED) is 0.0263. The zero-order valence-electron chi connectivity index (χ0n) is 40.4. The van der Waals surface area contributed by atoms with Gasteiger partial charge in [-0.3, -0.25) is 14.4 Å². The lowest BCUT2D eigenvalue weighted by Crippen LogP contribution is -2.30. The van der Waals surface area contributed by atoms with Crippen LogP contribution in [0.5, 0.6) is 0 Å². The zero-order chi connectivity index (χ0) is 45.1. The maximum absolute atomic E-state index is 12.8. The van der Waals surface area contributed by atoms with Crippen LogP contribution in [0.2, 0.25) is 0 Å². The molecule has 0 heterocycles. The molecule has 0 aromatic heterocycles. The molecule has 0 aliphatic rings. The van der Waals surface area contributed by atoms with Gasteiger partial charge in [-0.15, -0.1) is 0 Å². The van der Waals surface area contributed by atoms with Gasteiger partial charge >= 0.3 is 17.9 Å². The molecule has 0 aromatic rings. The molecule has 0 saturated carbocycles. The van der Waals surface area contributed by atoms with Crippen molar-refractivity contribution in [2.45, 2.75) is 239 Å². The van der Waals surface area contributed by atoms with Crippen molar-refractivity contribution in [1.29, 1.82) is 0 Å². The summed E-state index contributed by atoms with van der Waals surface area (Å²) in [6.07, 6.45) is 64.2. The van der Waals surface area contributed by atoms with E-state index in [1.54, 1.807) is 0 Å². The number of rotatable bonds is 45. The van der Waals surface area contributed by atoms with Gasteiger partial charge in [0.1, 0.15) is 13.2 Å². The molecular weight excluding hydrogens is 769 g/mol. The highest BCUT2D eigenvalue weighted by atomic mass is 16.6. The first-order valence-electron chi connectivity index (χ1n) is 25.6. The van der Waals surface area contributed by atoms with Crippen LogP contribution in [0.15, 0.2) is 85.1 Å². The normalized spacial score (nSPS) is 12.8. The molecular formula is C56H94O6. The van der Waals surface area contributed by atoms with E-state index >= 15 is 0 Å². The molecule has 354 valence electrons. The summed E-state index contributed by atoms with van der Waals surface area (Å²) < 4.78 is 16.8. The van der Waals surface area contributed by atoms with Crippen molar-refractivity contribution in [3.8, 4) is 0 Å². The van der Waals surface area contributed by atoms with E-state index in [9.17, 15) is 14.4 Å². The fourth-order valence-corrected chi connectivity index (χ4v) is 6.82. The summed E-state index contributed by atoms with van der Waals surface area (Å²) in [5.41, 5.74) is 0. The summed E-state index contributed by atoms with van der Waals surface area (Å²) in [4.78, 5) is 38.0. The predicted octanol–water partition coefficient (Wildman–Crippen LogP) is 16.8. The lowest BCUT2D eigenvalue weighted by molar-refractivity contribution is -0.167. The van der Waals surface area contributed by atoms with E-state index in [2.05, 4.69) is 106 Å². The number of ether oxygens (including phenoxy) is 3. The van der Waals surface area contributed by atoms with Crippen molar-refractivity contribution in [2.24, 2.45) is 0 Å². The van der Waals surface area contributed by atoms with Crippen LogP contribution >= 0.6 is 0 Å². The minimum Gasteiger partial charge on any atom is -0.462 e. The Labute approximate surface area is 382 Å².